The Hall–Kier alpha value is -2.84. The van der Waals surface area contributed by atoms with Crippen LogP contribution in [-0.4, -0.2) is 40.2 Å². The van der Waals surface area contributed by atoms with E-state index in [0.29, 0.717) is 17.9 Å². The molecule has 2 aromatic carbocycles. The highest BCUT2D eigenvalue weighted by atomic mass is 79.9. The number of halogens is 1. The minimum atomic E-state index is -0.368. The van der Waals surface area contributed by atoms with Gasteiger partial charge >= 0.3 is 5.97 Å². The Morgan fingerprint density at radius 3 is 2.68 bits per heavy atom. The van der Waals surface area contributed by atoms with Gasteiger partial charge in [0.2, 0.25) is 0 Å². The minimum absolute atomic E-state index is 0.0566. The molecule has 1 fully saturated rings. The second-order valence-corrected chi connectivity index (χ2v) is 8.93. The standard InChI is InChI=1S/C23H19BrN2O4S/c1-30-21(27)14-25-13-16(18-12-17(24)7-8-19(18)25)11-20-22(28)26(23(29)31-20)10-9-15-5-3-2-4-6-15/h2-8,11-13H,9-10,14H2,1H3/b20-11-. The molecule has 1 aliphatic rings. The Labute approximate surface area is 192 Å². The average Bonchev–Trinajstić information content (AvgIpc) is 3.23. The lowest BCUT2D eigenvalue weighted by Gasteiger charge is -2.12. The van der Waals surface area contributed by atoms with E-state index >= 15 is 0 Å². The molecule has 158 valence electrons. The van der Waals surface area contributed by atoms with E-state index in [1.165, 1.54) is 12.0 Å². The molecule has 6 nitrogen and oxygen atoms in total. The number of methoxy groups -OCH3 is 1. The molecule has 4 rings (SSSR count). The van der Waals surface area contributed by atoms with Crippen LogP contribution in [0.25, 0.3) is 17.0 Å². The summed E-state index contributed by atoms with van der Waals surface area (Å²) in [6.07, 6.45) is 4.12. The van der Waals surface area contributed by atoms with E-state index in [1.54, 1.807) is 16.8 Å². The summed E-state index contributed by atoms with van der Waals surface area (Å²) in [7, 11) is 1.34. The van der Waals surface area contributed by atoms with Crippen molar-refractivity contribution in [1.29, 1.82) is 0 Å². The highest BCUT2D eigenvalue weighted by Crippen LogP contribution is 2.35. The third-order valence-electron chi connectivity index (χ3n) is 5.03. The lowest BCUT2D eigenvalue weighted by atomic mass is 10.1. The van der Waals surface area contributed by atoms with Gasteiger partial charge in [-0.05, 0) is 48.0 Å². The summed E-state index contributed by atoms with van der Waals surface area (Å²) in [4.78, 5) is 38.8. The van der Waals surface area contributed by atoms with Crippen LogP contribution in [0.1, 0.15) is 11.1 Å². The van der Waals surface area contributed by atoms with Crippen molar-refractivity contribution < 1.29 is 19.1 Å². The molecule has 31 heavy (non-hydrogen) atoms. The number of carbonyl (C=O) groups is 3. The van der Waals surface area contributed by atoms with Crippen LogP contribution in [0.3, 0.4) is 0 Å². The number of imide groups is 1. The van der Waals surface area contributed by atoms with Gasteiger partial charge in [0.05, 0.1) is 12.0 Å². The van der Waals surface area contributed by atoms with E-state index in [9.17, 15) is 14.4 Å². The summed E-state index contributed by atoms with van der Waals surface area (Å²) in [6.45, 7) is 0.392. The molecule has 0 spiro atoms. The van der Waals surface area contributed by atoms with E-state index in [0.717, 1.165) is 38.3 Å². The van der Waals surface area contributed by atoms with Crippen molar-refractivity contribution in [2.45, 2.75) is 13.0 Å². The fourth-order valence-electron chi connectivity index (χ4n) is 3.47. The van der Waals surface area contributed by atoms with Crippen LogP contribution in [-0.2, 0) is 27.3 Å². The maximum Gasteiger partial charge on any atom is 0.325 e. The van der Waals surface area contributed by atoms with Crippen molar-refractivity contribution in [1.82, 2.24) is 9.47 Å². The molecule has 0 aliphatic carbocycles. The molecule has 0 N–H and O–H groups in total. The van der Waals surface area contributed by atoms with Gasteiger partial charge in [0.25, 0.3) is 11.1 Å². The van der Waals surface area contributed by atoms with Gasteiger partial charge in [-0.1, -0.05) is 46.3 Å². The zero-order chi connectivity index (χ0) is 22.0. The molecule has 8 heteroatoms. The molecule has 1 aromatic heterocycles. The van der Waals surface area contributed by atoms with Crippen LogP contribution in [0.4, 0.5) is 4.79 Å². The number of rotatable bonds is 6. The van der Waals surface area contributed by atoms with Gasteiger partial charge < -0.3 is 9.30 Å². The van der Waals surface area contributed by atoms with Gasteiger partial charge in [-0.15, -0.1) is 0 Å². The number of amides is 2. The van der Waals surface area contributed by atoms with E-state index in [1.807, 2.05) is 48.5 Å². The van der Waals surface area contributed by atoms with Gasteiger partial charge in [0.15, 0.2) is 0 Å². The number of hydrogen-bond donors (Lipinski definition) is 0. The lowest BCUT2D eigenvalue weighted by Crippen LogP contribution is -2.30. The molecule has 1 aliphatic heterocycles. The van der Waals surface area contributed by atoms with Crippen molar-refractivity contribution >= 4 is 61.8 Å². The summed E-state index contributed by atoms with van der Waals surface area (Å²) in [5.74, 6) is -0.664. The number of hydrogen-bond acceptors (Lipinski definition) is 5. The summed E-state index contributed by atoms with van der Waals surface area (Å²) in [5.41, 5.74) is 2.66. The number of esters is 1. The quantitative estimate of drug-likeness (QED) is 0.358. The first-order valence-electron chi connectivity index (χ1n) is 9.61. The number of thioether (sulfide) groups is 1. The first-order chi connectivity index (χ1) is 15.0. The van der Waals surface area contributed by atoms with Gasteiger partial charge in [0.1, 0.15) is 6.54 Å². The second-order valence-electron chi connectivity index (χ2n) is 7.02. The fraction of sp³-hybridized carbons (Fsp3) is 0.174. The summed E-state index contributed by atoms with van der Waals surface area (Å²) in [6, 6.07) is 15.5. The van der Waals surface area contributed by atoms with Crippen molar-refractivity contribution in [2.75, 3.05) is 13.7 Å². The average molecular weight is 499 g/mol. The second kappa shape index (κ2) is 9.11. The Morgan fingerprint density at radius 1 is 1.16 bits per heavy atom. The molecule has 2 heterocycles. The number of fused-ring (bicyclic) bond motifs is 1. The number of nitrogens with zero attached hydrogens (tertiary/aromatic N) is 2. The molecule has 0 bridgehead atoms. The lowest BCUT2D eigenvalue weighted by molar-refractivity contribution is -0.141. The number of carbonyl (C=O) groups excluding carboxylic acids is 3. The van der Waals surface area contributed by atoms with E-state index in [4.69, 9.17) is 4.74 Å². The first-order valence-corrected chi connectivity index (χ1v) is 11.2. The molecular formula is C23H19BrN2O4S. The molecule has 0 atom stereocenters. The zero-order valence-corrected chi connectivity index (χ0v) is 19.1. The predicted molar refractivity (Wildman–Crippen MR) is 124 cm³/mol. The normalized spacial score (nSPS) is 15.3. The number of benzene rings is 2. The van der Waals surface area contributed by atoms with Crippen molar-refractivity contribution in [3.8, 4) is 0 Å². The van der Waals surface area contributed by atoms with Crippen molar-refractivity contribution in [2.24, 2.45) is 0 Å². The Morgan fingerprint density at radius 2 is 1.94 bits per heavy atom. The zero-order valence-electron chi connectivity index (χ0n) is 16.7. The van der Waals surface area contributed by atoms with Gasteiger partial charge in [0, 0.05) is 33.7 Å². The van der Waals surface area contributed by atoms with Crippen LogP contribution in [0.15, 0.2) is 64.1 Å². The minimum Gasteiger partial charge on any atom is -0.468 e. The van der Waals surface area contributed by atoms with E-state index in [2.05, 4.69) is 15.9 Å². The SMILES string of the molecule is COC(=O)Cn1cc(/C=C2\SC(=O)N(CCc3ccccc3)C2=O)c2cc(Br)ccc21. The summed E-state index contributed by atoms with van der Waals surface area (Å²) >= 11 is 4.41. The largest absolute Gasteiger partial charge is 0.468 e. The van der Waals surface area contributed by atoms with E-state index in [-0.39, 0.29) is 23.7 Å². The Bertz CT molecular complexity index is 1200. The summed E-state index contributed by atoms with van der Waals surface area (Å²) in [5, 5.41) is 0.598. The highest BCUT2D eigenvalue weighted by Gasteiger charge is 2.34. The maximum absolute atomic E-state index is 12.9. The molecule has 0 saturated carbocycles. The molecule has 3 aromatic rings. The number of ether oxygens (including phenoxy) is 1. The fourth-order valence-corrected chi connectivity index (χ4v) is 4.68. The third kappa shape index (κ3) is 4.60. The smallest absolute Gasteiger partial charge is 0.325 e. The van der Waals surface area contributed by atoms with E-state index < -0.39 is 0 Å². The van der Waals surface area contributed by atoms with Gasteiger partial charge in [-0.25, -0.2) is 0 Å². The first kappa shape index (κ1) is 21.4. The highest BCUT2D eigenvalue weighted by molar-refractivity contribution is 9.10. The van der Waals surface area contributed by atoms with Crippen LogP contribution in [0, 0.1) is 0 Å². The van der Waals surface area contributed by atoms with Crippen LogP contribution in [0.2, 0.25) is 0 Å². The van der Waals surface area contributed by atoms with Crippen LogP contribution in [0.5, 0.6) is 0 Å². The molecule has 0 radical (unpaired) electrons. The van der Waals surface area contributed by atoms with Crippen molar-refractivity contribution in [3.05, 3.63) is 75.2 Å². The van der Waals surface area contributed by atoms with Crippen molar-refractivity contribution in [3.63, 3.8) is 0 Å². The number of aromatic nitrogens is 1. The predicted octanol–water partition coefficient (Wildman–Crippen LogP) is 4.86. The maximum atomic E-state index is 12.9. The molecule has 0 unspecified atom stereocenters. The van der Waals surface area contributed by atoms with Crippen LogP contribution < -0.4 is 0 Å². The molecular weight excluding hydrogens is 480 g/mol. The van der Waals surface area contributed by atoms with Crippen LogP contribution >= 0.6 is 27.7 Å². The van der Waals surface area contributed by atoms with Gasteiger partial charge in [-0.2, -0.15) is 0 Å². The Kier molecular flexibility index (Phi) is 6.29. The topological polar surface area (TPSA) is 68.6 Å². The summed E-state index contributed by atoms with van der Waals surface area (Å²) < 4.78 is 7.44. The molecule has 1 saturated heterocycles. The third-order valence-corrected chi connectivity index (χ3v) is 6.43. The monoisotopic (exact) mass is 498 g/mol. The van der Waals surface area contributed by atoms with Gasteiger partial charge in [-0.3, -0.25) is 19.3 Å². The Balaban J connectivity index is 1.62. The molecule has 2 amide bonds.